The Balaban J connectivity index is 1.79. The summed E-state index contributed by atoms with van der Waals surface area (Å²) in [5, 5.41) is 11.1. The summed E-state index contributed by atoms with van der Waals surface area (Å²) in [5.74, 6) is 1.45. The number of nitro benzene ring substituents is 1. The third-order valence-corrected chi connectivity index (χ3v) is 4.95. The maximum Gasteiger partial charge on any atom is 0.327 e. The van der Waals surface area contributed by atoms with Crippen LogP contribution in [0.3, 0.4) is 0 Å². The smallest absolute Gasteiger partial charge is 0.327 e. The van der Waals surface area contributed by atoms with E-state index in [2.05, 4.69) is 0 Å². The van der Waals surface area contributed by atoms with Crippen LogP contribution in [0.25, 0.3) is 0 Å². The van der Waals surface area contributed by atoms with Crippen LogP contribution in [0.4, 0.5) is 15.8 Å². The lowest BCUT2D eigenvalue weighted by molar-refractivity contribution is -0.386. The fourth-order valence-electron chi connectivity index (χ4n) is 4.04. The van der Waals surface area contributed by atoms with Crippen LogP contribution in [-0.4, -0.2) is 18.5 Å². The molecule has 0 radical (unpaired) electrons. The van der Waals surface area contributed by atoms with Gasteiger partial charge in [-0.25, -0.2) is 0 Å². The van der Waals surface area contributed by atoms with Gasteiger partial charge in [0.15, 0.2) is 0 Å². The van der Waals surface area contributed by atoms with E-state index in [0.717, 1.165) is 24.4 Å². The van der Waals surface area contributed by atoms with E-state index in [1.807, 2.05) is 11.9 Å². The van der Waals surface area contributed by atoms with Crippen LogP contribution in [0, 0.1) is 33.7 Å². The molecule has 4 nitrogen and oxygen atoms in total. The zero-order valence-electron chi connectivity index (χ0n) is 11.6. The number of benzene rings is 1. The minimum atomic E-state index is -0.757. The fourth-order valence-corrected chi connectivity index (χ4v) is 4.04. The average molecular weight is 278 g/mol. The van der Waals surface area contributed by atoms with Gasteiger partial charge in [0.1, 0.15) is 5.69 Å². The van der Waals surface area contributed by atoms with Gasteiger partial charge in [-0.05, 0) is 49.1 Å². The van der Waals surface area contributed by atoms with Crippen molar-refractivity contribution in [2.75, 3.05) is 18.5 Å². The summed E-state index contributed by atoms with van der Waals surface area (Å²) >= 11 is 0. The van der Waals surface area contributed by atoms with Crippen LogP contribution in [0.2, 0.25) is 0 Å². The Morgan fingerprint density at radius 2 is 2.20 bits per heavy atom. The van der Waals surface area contributed by atoms with Crippen molar-refractivity contribution in [1.29, 1.82) is 0 Å². The highest BCUT2D eigenvalue weighted by molar-refractivity contribution is 5.63. The van der Waals surface area contributed by atoms with E-state index in [9.17, 15) is 14.5 Å². The van der Waals surface area contributed by atoms with Gasteiger partial charge in [-0.15, -0.1) is 0 Å². The summed E-state index contributed by atoms with van der Waals surface area (Å²) in [4.78, 5) is 12.3. The van der Waals surface area contributed by atoms with E-state index < -0.39 is 16.4 Å². The van der Waals surface area contributed by atoms with E-state index >= 15 is 0 Å². The Morgan fingerprint density at radius 1 is 1.40 bits per heavy atom. The first kappa shape index (κ1) is 13.3. The number of rotatable bonds is 4. The Kier molecular flexibility index (Phi) is 3.36. The molecule has 0 amide bonds. The molecule has 5 heteroatoms. The molecule has 0 N–H and O–H groups in total. The van der Waals surface area contributed by atoms with Gasteiger partial charge in [-0.1, -0.05) is 12.5 Å². The summed E-state index contributed by atoms with van der Waals surface area (Å²) in [6.45, 7) is 0.783. The summed E-state index contributed by atoms with van der Waals surface area (Å²) in [5.41, 5.74) is -0.0177. The zero-order chi connectivity index (χ0) is 14.3. The van der Waals surface area contributed by atoms with Crippen LogP contribution in [0.15, 0.2) is 18.2 Å². The first-order valence-electron chi connectivity index (χ1n) is 7.20. The van der Waals surface area contributed by atoms with Crippen molar-refractivity contribution in [3.8, 4) is 0 Å². The first-order valence-corrected chi connectivity index (χ1v) is 7.20. The third kappa shape index (κ3) is 2.25. The van der Waals surface area contributed by atoms with Gasteiger partial charge >= 0.3 is 5.69 Å². The van der Waals surface area contributed by atoms with E-state index in [-0.39, 0.29) is 0 Å². The molecule has 2 aliphatic carbocycles. The van der Waals surface area contributed by atoms with E-state index in [4.69, 9.17) is 0 Å². The lowest BCUT2D eigenvalue weighted by Gasteiger charge is -2.28. The predicted octanol–water partition coefficient (Wildman–Crippen LogP) is 3.61. The van der Waals surface area contributed by atoms with Crippen LogP contribution in [-0.2, 0) is 0 Å². The molecule has 20 heavy (non-hydrogen) atoms. The monoisotopic (exact) mass is 278 g/mol. The second-order valence-electron chi connectivity index (χ2n) is 6.18. The molecule has 2 aliphatic rings. The highest BCUT2D eigenvalue weighted by atomic mass is 19.1. The SMILES string of the molecule is CN(CC1CC2CCC1C2)c1cccc(F)c1[N+](=O)[O-]. The number of nitro groups is 1. The van der Waals surface area contributed by atoms with Crippen molar-refractivity contribution in [1.82, 2.24) is 0 Å². The number of anilines is 1. The summed E-state index contributed by atoms with van der Waals surface area (Å²) in [6, 6.07) is 4.32. The number of fused-ring (bicyclic) bond motifs is 2. The molecule has 1 aromatic carbocycles. The van der Waals surface area contributed by atoms with Gasteiger partial charge in [-0.3, -0.25) is 10.1 Å². The molecule has 2 bridgehead atoms. The Labute approximate surface area is 117 Å². The van der Waals surface area contributed by atoms with E-state index in [1.165, 1.54) is 31.7 Å². The highest BCUT2D eigenvalue weighted by Gasteiger charge is 2.40. The zero-order valence-corrected chi connectivity index (χ0v) is 11.6. The molecule has 1 aromatic rings. The van der Waals surface area contributed by atoms with Crippen molar-refractivity contribution in [2.45, 2.75) is 25.7 Å². The minimum Gasteiger partial charge on any atom is -0.369 e. The largest absolute Gasteiger partial charge is 0.369 e. The van der Waals surface area contributed by atoms with Crippen LogP contribution < -0.4 is 4.90 Å². The van der Waals surface area contributed by atoms with E-state index in [1.54, 1.807) is 6.07 Å². The molecular weight excluding hydrogens is 259 g/mol. The molecule has 0 heterocycles. The van der Waals surface area contributed by atoms with Gasteiger partial charge in [0.05, 0.1) is 4.92 Å². The normalized spacial score (nSPS) is 27.8. The molecule has 0 saturated heterocycles. The molecule has 0 spiro atoms. The lowest BCUT2D eigenvalue weighted by atomic mass is 9.88. The van der Waals surface area contributed by atoms with Crippen LogP contribution in [0.1, 0.15) is 25.7 Å². The predicted molar refractivity (Wildman–Crippen MR) is 75.3 cm³/mol. The van der Waals surface area contributed by atoms with Gasteiger partial charge in [0.25, 0.3) is 0 Å². The maximum atomic E-state index is 13.7. The lowest BCUT2D eigenvalue weighted by Crippen LogP contribution is -2.29. The Hall–Kier alpha value is -1.65. The topological polar surface area (TPSA) is 46.4 Å². The molecule has 0 aromatic heterocycles. The highest BCUT2D eigenvalue weighted by Crippen LogP contribution is 2.48. The second kappa shape index (κ2) is 5.04. The number of para-hydroxylation sites is 1. The number of hydrogen-bond acceptors (Lipinski definition) is 3. The second-order valence-corrected chi connectivity index (χ2v) is 6.18. The van der Waals surface area contributed by atoms with E-state index in [0.29, 0.717) is 11.6 Å². The molecular formula is C15H19FN2O2. The fraction of sp³-hybridized carbons (Fsp3) is 0.600. The van der Waals surface area contributed by atoms with Gasteiger partial charge in [0.2, 0.25) is 5.82 Å². The summed E-state index contributed by atoms with van der Waals surface area (Å²) in [6.07, 6.45) is 5.15. The molecule has 108 valence electrons. The number of hydrogen-bond donors (Lipinski definition) is 0. The number of halogens is 1. The summed E-state index contributed by atoms with van der Waals surface area (Å²) < 4.78 is 13.7. The third-order valence-electron chi connectivity index (χ3n) is 4.95. The quantitative estimate of drug-likeness (QED) is 0.624. The van der Waals surface area contributed by atoms with Crippen molar-refractivity contribution in [3.63, 3.8) is 0 Å². The number of nitrogens with zero attached hydrogens (tertiary/aromatic N) is 2. The minimum absolute atomic E-state index is 0.387. The Bertz CT molecular complexity index is 535. The maximum absolute atomic E-state index is 13.7. The van der Waals surface area contributed by atoms with Crippen molar-refractivity contribution in [2.24, 2.45) is 17.8 Å². The van der Waals surface area contributed by atoms with Crippen LogP contribution in [0.5, 0.6) is 0 Å². The van der Waals surface area contributed by atoms with Gasteiger partial charge in [0, 0.05) is 13.6 Å². The molecule has 2 saturated carbocycles. The van der Waals surface area contributed by atoms with Gasteiger partial charge in [-0.2, -0.15) is 4.39 Å². The van der Waals surface area contributed by atoms with Crippen molar-refractivity contribution < 1.29 is 9.31 Å². The molecule has 3 unspecified atom stereocenters. The standard InChI is InChI=1S/C15H19FN2O2/c1-17(9-12-8-10-5-6-11(12)7-10)14-4-2-3-13(16)15(14)18(19)20/h2-4,10-12H,5-9H2,1H3. The molecule has 3 atom stereocenters. The van der Waals surface area contributed by atoms with Crippen LogP contribution >= 0.6 is 0 Å². The van der Waals surface area contributed by atoms with Gasteiger partial charge < -0.3 is 4.90 Å². The molecule has 3 rings (SSSR count). The van der Waals surface area contributed by atoms with Crippen molar-refractivity contribution in [3.05, 3.63) is 34.1 Å². The Morgan fingerprint density at radius 3 is 2.80 bits per heavy atom. The molecule has 2 fully saturated rings. The molecule has 0 aliphatic heterocycles. The van der Waals surface area contributed by atoms with Crippen molar-refractivity contribution >= 4 is 11.4 Å². The average Bonchev–Trinajstić information content (AvgIpc) is 3.00. The summed E-state index contributed by atoms with van der Waals surface area (Å²) in [7, 11) is 1.83. The first-order chi connectivity index (χ1) is 9.56.